The van der Waals surface area contributed by atoms with Crippen molar-refractivity contribution in [1.29, 1.82) is 0 Å². The lowest BCUT2D eigenvalue weighted by molar-refractivity contribution is 0.167. The molecule has 0 radical (unpaired) electrons. The minimum Gasteiger partial charge on any atom is -0.388 e. The summed E-state index contributed by atoms with van der Waals surface area (Å²) in [6.45, 7) is 2.05. The van der Waals surface area contributed by atoms with Crippen molar-refractivity contribution in [2.24, 2.45) is 0 Å². The molecule has 0 saturated heterocycles. The van der Waals surface area contributed by atoms with Crippen molar-refractivity contribution >= 4 is 0 Å². The van der Waals surface area contributed by atoms with Crippen LogP contribution in [0.25, 0.3) is 0 Å². The predicted molar refractivity (Wildman–Crippen MR) is 68.7 cm³/mol. The Morgan fingerprint density at radius 3 is 2.78 bits per heavy atom. The van der Waals surface area contributed by atoms with Crippen LogP contribution in [0.2, 0.25) is 0 Å². The maximum atomic E-state index is 13.0. The number of aryl methyl sites for hydroxylation is 2. The third-order valence-electron chi connectivity index (χ3n) is 3.06. The number of halogens is 1. The third-order valence-corrected chi connectivity index (χ3v) is 3.06. The summed E-state index contributed by atoms with van der Waals surface area (Å²) in [5.41, 5.74) is 2.95. The Hall–Kier alpha value is -1.74. The number of aliphatic hydroxyl groups is 1. The Morgan fingerprint density at radius 1 is 1.28 bits per heavy atom. The summed E-state index contributed by atoms with van der Waals surface area (Å²) >= 11 is 0. The van der Waals surface area contributed by atoms with Gasteiger partial charge in [0, 0.05) is 11.8 Å². The van der Waals surface area contributed by atoms with Gasteiger partial charge in [0.1, 0.15) is 5.82 Å². The highest BCUT2D eigenvalue weighted by Gasteiger charge is 2.09. The summed E-state index contributed by atoms with van der Waals surface area (Å²) in [6.07, 6.45) is 3.30. The molecule has 0 spiro atoms. The molecule has 0 fully saturated rings. The summed E-state index contributed by atoms with van der Waals surface area (Å²) in [7, 11) is 0. The average Bonchev–Trinajstić information content (AvgIpc) is 2.37. The Morgan fingerprint density at radius 2 is 2.06 bits per heavy atom. The van der Waals surface area contributed by atoms with E-state index >= 15 is 0 Å². The summed E-state index contributed by atoms with van der Waals surface area (Å²) in [4.78, 5) is 3.74. The van der Waals surface area contributed by atoms with Crippen molar-refractivity contribution in [2.75, 3.05) is 0 Å². The molecule has 0 amide bonds. The molecule has 0 aliphatic carbocycles. The first-order chi connectivity index (χ1) is 8.66. The van der Waals surface area contributed by atoms with Gasteiger partial charge in [-0.25, -0.2) is 4.39 Å². The van der Waals surface area contributed by atoms with Gasteiger partial charge in [0.05, 0.1) is 12.3 Å². The van der Waals surface area contributed by atoms with Gasteiger partial charge in [-0.3, -0.25) is 4.98 Å². The second-order valence-electron chi connectivity index (χ2n) is 4.42. The Balaban J connectivity index is 2.00. The molecular formula is C15H16FNO. The van der Waals surface area contributed by atoms with E-state index in [1.165, 1.54) is 23.4 Å². The van der Waals surface area contributed by atoms with Crippen molar-refractivity contribution in [3.8, 4) is 0 Å². The second-order valence-corrected chi connectivity index (χ2v) is 4.42. The molecule has 2 rings (SSSR count). The van der Waals surface area contributed by atoms with Gasteiger partial charge >= 0.3 is 0 Å². The summed E-state index contributed by atoms with van der Waals surface area (Å²) < 4.78 is 13.0. The highest BCUT2D eigenvalue weighted by molar-refractivity contribution is 5.26. The molecule has 1 heterocycles. The number of hydrogen-bond acceptors (Lipinski definition) is 2. The van der Waals surface area contributed by atoms with E-state index in [1.54, 1.807) is 0 Å². The number of aliphatic hydroxyl groups excluding tert-OH is 1. The summed E-state index contributed by atoms with van der Waals surface area (Å²) in [6, 6.07) is 9.40. The third kappa shape index (κ3) is 3.14. The molecule has 94 valence electrons. The highest BCUT2D eigenvalue weighted by atomic mass is 19.1. The number of rotatable bonds is 4. The number of hydrogen-bond donors (Lipinski definition) is 1. The zero-order valence-electron chi connectivity index (χ0n) is 10.3. The molecule has 2 nitrogen and oxygen atoms in total. The van der Waals surface area contributed by atoms with Crippen molar-refractivity contribution in [2.45, 2.75) is 25.9 Å². The van der Waals surface area contributed by atoms with E-state index in [-0.39, 0.29) is 0 Å². The van der Waals surface area contributed by atoms with E-state index in [4.69, 9.17) is 0 Å². The molecule has 3 heteroatoms. The molecule has 1 aromatic carbocycles. The van der Waals surface area contributed by atoms with Crippen LogP contribution in [0.15, 0.2) is 42.7 Å². The van der Waals surface area contributed by atoms with Gasteiger partial charge in [0.25, 0.3) is 0 Å². The van der Waals surface area contributed by atoms with E-state index in [0.29, 0.717) is 12.0 Å². The average molecular weight is 245 g/mol. The standard InChI is InChI=1S/C15H16FNO/c1-11-4-2-3-5-12(11)6-7-15(18)13-8-14(16)10-17-9-13/h2-5,8-10,15,18H,6-7H2,1H3. The fourth-order valence-electron chi connectivity index (χ4n) is 1.96. The highest BCUT2D eigenvalue weighted by Crippen LogP contribution is 2.20. The van der Waals surface area contributed by atoms with Crippen LogP contribution in [0.5, 0.6) is 0 Å². The first kappa shape index (κ1) is 12.7. The first-order valence-electron chi connectivity index (χ1n) is 6.00. The molecule has 1 atom stereocenters. The SMILES string of the molecule is Cc1ccccc1CCC(O)c1cncc(F)c1. The lowest BCUT2D eigenvalue weighted by atomic mass is 9.99. The molecule has 1 unspecified atom stereocenters. The van der Waals surface area contributed by atoms with Gasteiger partial charge in [0.2, 0.25) is 0 Å². The molecule has 0 saturated carbocycles. The van der Waals surface area contributed by atoms with E-state index in [1.807, 2.05) is 31.2 Å². The zero-order chi connectivity index (χ0) is 13.0. The maximum Gasteiger partial charge on any atom is 0.141 e. The van der Waals surface area contributed by atoms with Crippen LogP contribution in [0.3, 0.4) is 0 Å². The minimum absolute atomic E-state index is 0.414. The Bertz CT molecular complexity index is 527. The fourth-order valence-corrected chi connectivity index (χ4v) is 1.96. The van der Waals surface area contributed by atoms with Crippen molar-refractivity contribution < 1.29 is 9.50 Å². The number of pyridine rings is 1. The van der Waals surface area contributed by atoms with Crippen LogP contribution in [-0.4, -0.2) is 10.1 Å². The quantitative estimate of drug-likeness (QED) is 0.897. The normalized spacial score (nSPS) is 12.4. The van der Waals surface area contributed by atoms with Crippen LogP contribution in [0.4, 0.5) is 4.39 Å². The Kier molecular flexibility index (Phi) is 4.05. The molecular weight excluding hydrogens is 229 g/mol. The summed E-state index contributed by atoms with van der Waals surface area (Å²) in [5.74, 6) is -0.414. The topological polar surface area (TPSA) is 33.1 Å². The monoisotopic (exact) mass is 245 g/mol. The lowest BCUT2D eigenvalue weighted by Gasteiger charge is -2.11. The lowest BCUT2D eigenvalue weighted by Crippen LogP contribution is -2.01. The van der Waals surface area contributed by atoms with Gasteiger partial charge < -0.3 is 5.11 Å². The van der Waals surface area contributed by atoms with Gasteiger partial charge in [-0.2, -0.15) is 0 Å². The number of aromatic nitrogens is 1. The van der Waals surface area contributed by atoms with Crippen molar-refractivity contribution in [3.63, 3.8) is 0 Å². The predicted octanol–water partition coefficient (Wildman–Crippen LogP) is 3.20. The molecule has 1 N–H and O–H groups in total. The van der Waals surface area contributed by atoms with Gasteiger partial charge in [0.15, 0.2) is 0 Å². The number of benzene rings is 1. The van der Waals surface area contributed by atoms with Gasteiger partial charge in [-0.1, -0.05) is 24.3 Å². The van der Waals surface area contributed by atoms with Crippen LogP contribution in [0.1, 0.15) is 29.2 Å². The van der Waals surface area contributed by atoms with Crippen LogP contribution >= 0.6 is 0 Å². The zero-order valence-corrected chi connectivity index (χ0v) is 10.3. The largest absolute Gasteiger partial charge is 0.388 e. The molecule has 0 aliphatic heterocycles. The van der Waals surface area contributed by atoms with E-state index in [9.17, 15) is 9.50 Å². The summed E-state index contributed by atoms with van der Waals surface area (Å²) in [5, 5.41) is 9.99. The molecule has 2 aromatic rings. The molecule has 0 bridgehead atoms. The first-order valence-corrected chi connectivity index (χ1v) is 6.00. The molecule has 0 aliphatic rings. The number of nitrogens with zero attached hydrogens (tertiary/aromatic N) is 1. The van der Waals surface area contributed by atoms with Gasteiger partial charge in [-0.15, -0.1) is 0 Å². The van der Waals surface area contributed by atoms with E-state index < -0.39 is 11.9 Å². The van der Waals surface area contributed by atoms with Crippen LogP contribution in [0, 0.1) is 12.7 Å². The smallest absolute Gasteiger partial charge is 0.141 e. The Labute approximate surface area is 106 Å². The maximum absolute atomic E-state index is 13.0. The van der Waals surface area contributed by atoms with E-state index in [0.717, 1.165) is 12.6 Å². The fraction of sp³-hybridized carbons (Fsp3) is 0.267. The minimum atomic E-state index is -0.673. The molecule has 18 heavy (non-hydrogen) atoms. The van der Waals surface area contributed by atoms with Crippen LogP contribution in [-0.2, 0) is 6.42 Å². The van der Waals surface area contributed by atoms with Gasteiger partial charge in [-0.05, 0) is 37.0 Å². The van der Waals surface area contributed by atoms with Crippen LogP contribution < -0.4 is 0 Å². The van der Waals surface area contributed by atoms with Crippen molar-refractivity contribution in [3.05, 3.63) is 65.2 Å². The molecule has 1 aromatic heterocycles. The van der Waals surface area contributed by atoms with E-state index in [2.05, 4.69) is 4.98 Å². The second kappa shape index (κ2) is 5.74. The van der Waals surface area contributed by atoms with Crippen molar-refractivity contribution in [1.82, 2.24) is 4.98 Å².